The minimum atomic E-state index is 0.0114. The first kappa shape index (κ1) is 19.0. The summed E-state index contributed by atoms with van der Waals surface area (Å²) >= 11 is 12.3. The van der Waals surface area contributed by atoms with Crippen LogP contribution in [-0.4, -0.2) is 22.2 Å². The Morgan fingerprint density at radius 2 is 2.00 bits per heavy atom. The number of nitrogens with zero attached hydrogens (tertiary/aromatic N) is 2. The summed E-state index contributed by atoms with van der Waals surface area (Å²) in [7, 11) is 0. The van der Waals surface area contributed by atoms with E-state index in [2.05, 4.69) is 34.7 Å². The van der Waals surface area contributed by atoms with Crippen molar-refractivity contribution in [1.29, 1.82) is 0 Å². The SMILES string of the molecule is Cc1nn(-c2ccc(Cl)cc2Cl)c(C)c1CC(=O)NCC1Cc2ccccc21. The van der Waals surface area contributed by atoms with E-state index < -0.39 is 0 Å². The molecule has 1 N–H and O–H groups in total. The lowest BCUT2D eigenvalue weighted by Gasteiger charge is -2.30. The molecule has 28 heavy (non-hydrogen) atoms. The molecule has 2 aromatic carbocycles. The van der Waals surface area contributed by atoms with E-state index >= 15 is 0 Å². The molecular formula is C22H21Cl2N3O. The maximum Gasteiger partial charge on any atom is 0.224 e. The molecule has 6 heteroatoms. The Bertz CT molecular complexity index is 1060. The number of hydrogen-bond donors (Lipinski definition) is 1. The van der Waals surface area contributed by atoms with Crippen LogP contribution in [0.5, 0.6) is 0 Å². The molecule has 0 spiro atoms. The first-order valence-corrected chi connectivity index (χ1v) is 10.0. The van der Waals surface area contributed by atoms with Gasteiger partial charge in [-0.05, 0) is 49.6 Å². The van der Waals surface area contributed by atoms with Crippen LogP contribution < -0.4 is 5.32 Å². The Labute approximate surface area is 174 Å². The van der Waals surface area contributed by atoms with Crippen molar-refractivity contribution in [2.24, 2.45) is 0 Å². The van der Waals surface area contributed by atoms with Crippen molar-refractivity contribution in [3.05, 3.63) is 80.6 Å². The van der Waals surface area contributed by atoms with Gasteiger partial charge in [0.25, 0.3) is 0 Å². The fourth-order valence-corrected chi connectivity index (χ4v) is 4.31. The predicted octanol–water partition coefficient (Wildman–Crippen LogP) is 4.79. The minimum absolute atomic E-state index is 0.0114. The van der Waals surface area contributed by atoms with Gasteiger partial charge in [0.1, 0.15) is 0 Å². The molecule has 0 aliphatic heterocycles. The third-order valence-corrected chi connectivity index (χ3v) is 5.96. The topological polar surface area (TPSA) is 46.9 Å². The van der Waals surface area contributed by atoms with Crippen LogP contribution in [0.4, 0.5) is 0 Å². The second kappa shape index (κ2) is 7.61. The smallest absolute Gasteiger partial charge is 0.224 e. The van der Waals surface area contributed by atoms with E-state index in [1.165, 1.54) is 11.1 Å². The summed E-state index contributed by atoms with van der Waals surface area (Å²) in [6.45, 7) is 4.54. The molecule has 0 bridgehead atoms. The van der Waals surface area contributed by atoms with E-state index in [1.807, 2.05) is 19.9 Å². The number of benzene rings is 2. The summed E-state index contributed by atoms with van der Waals surface area (Å²) in [5, 5.41) is 8.76. The first-order chi connectivity index (χ1) is 13.4. The van der Waals surface area contributed by atoms with Crippen molar-refractivity contribution in [2.45, 2.75) is 32.6 Å². The average molecular weight is 414 g/mol. The monoisotopic (exact) mass is 413 g/mol. The molecule has 1 heterocycles. The quantitative estimate of drug-likeness (QED) is 0.652. The molecule has 0 fully saturated rings. The molecule has 3 aromatic rings. The third-order valence-electron chi connectivity index (χ3n) is 5.42. The number of halogens is 2. The van der Waals surface area contributed by atoms with Crippen LogP contribution in [0.15, 0.2) is 42.5 Å². The van der Waals surface area contributed by atoms with E-state index in [9.17, 15) is 4.79 Å². The summed E-state index contributed by atoms with van der Waals surface area (Å²) in [5.74, 6) is 0.426. The molecular weight excluding hydrogens is 393 g/mol. The highest BCUT2D eigenvalue weighted by atomic mass is 35.5. The van der Waals surface area contributed by atoms with E-state index in [0.717, 1.165) is 29.1 Å². The number of hydrogen-bond acceptors (Lipinski definition) is 2. The molecule has 1 aliphatic carbocycles. The van der Waals surface area contributed by atoms with Gasteiger partial charge in [-0.15, -0.1) is 0 Å². The fraction of sp³-hybridized carbons (Fsp3) is 0.273. The molecule has 1 aromatic heterocycles. The van der Waals surface area contributed by atoms with Gasteiger partial charge in [0.05, 0.1) is 22.8 Å². The molecule has 0 saturated carbocycles. The normalized spacial score (nSPS) is 15.1. The fourth-order valence-electron chi connectivity index (χ4n) is 3.82. The van der Waals surface area contributed by atoms with E-state index in [1.54, 1.807) is 16.8 Å². The summed E-state index contributed by atoms with van der Waals surface area (Å²) in [6.07, 6.45) is 1.33. The van der Waals surface area contributed by atoms with Crippen molar-refractivity contribution >= 4 is 29.1 Å². The molecule has 1 amide bonds. The number of carbonyl (C=O) groups is 1. The first-order valence-electron chi connectivity index (χ1n) is 9.29. The number of carbonyl (C=O) groups excluding carboxylic acids is 1. The van der Waals surface area contributed by atoms with Crippen molar-refractivity contribution in [3.8, 4) is 5.69 Å². The molecule has 0 saturated heterocycles. The maximum atomic E-state index is 12.5. The lowest BCUT2D eigenvalue weighted by molar-refractivity contribution is -0.120. The van der Waals surface area contributed by atoms with Gasteiger partial charge in [0.2, 0.25) is 5.91 Å². The number of aryl methyl sites for hydroxylation is 1. The zero-order chi connectivity index (χ0) is 19.8. The van der Waals surface area contributed by atoms with Crippen LogP contribution in [0, 0.1) is 13.8 Å². The van der Waals surface area contributed by atoms with Crippen LogP contribution in [0.3, 0.4) is 0 Å². The Hall–Kier alpha value is -2.30. The second-order valence-electron chi connectivity index (χ2n) is 7.24. The summed E-state index contributed by atoms with van der Waals surface area (Å²) in [6, 6.07) is 13.7. The molecule has 1 unspecified atom stereocenters. The van der Waals surface area contributed by atoms with Gasteiger partial charge in [0, 0.05) is 28.7 Å². The summed E-state index contributed by atoms with van der Waals surface area (Å²) in [5.41, 5.74) is 6.15. The van der Waals surface area contributed by atoms with E-state index in [4.69, 9.17) is 23.2 Å². The van der Waals surface area contributed by atoms with Gasteiger partial charge in [0.15, 0.2) is 0 Å². The Kier molecular flexibility index (Phi) is 5.17. The lowest BCUT2D eigenvalue weighted by Crippen LogP contribution is -2.34. The highest BCUT2D eigenvalue weighted by Gasteiger charge is 2.26. The zero-order valence-electron chi connectivity index (χ0n) is 15.8. The van der Waals surface area contributed by atoms with Crippen LogP contribution in [0.2, 0.25) is 10.0 Å². The minimum Gasteiger partial charge on any atom is -0.355 e. The van der Waals surface area contributed by atoms with Gasteiger partial charge in [-0.1, -0.05) is 47.5 Å². The van der Waals surface area contributed by atoms with E-state index in [0.29, 0.717) is 28.9 Å². The molecule has 4 rings (SSSR count). The molecule has 144 valence electrons. The molecule has 4 nitrogen and oxygen atoms in total. The third kappa shape index (κ3) is 3.54. The molecule has 0 radical (unpaired) electrons. The molecule has 1 aliphatic rings. The van der Waals surface area contributed by atoms with Crippen molar-refractivity contribution in [1.82, 2.24) is 15.1 Å². The average Bonchev–Trinajstić information content (AvgIpc) is 2.90. The highest BCUT2D eigenvalue weighted by molar-refractivity contribution is 6.35. The number of amides is 1. The Morgan fingerprint density at radius 3 is 2.75 bits per heavy atom. The van der Waals surface area contributed by atoms with Crippen LogP contribution in [0.1, 0.15) is 34.0 Å². The van der Waals surface area contributed by atoms with Crippen molar-refractivity contribution in [2.75, 3.05) is 6.54 Å². The van der Waals surface area contributed by atoms with Gasteiger partial charge in [-0.25, -0.2) is 4.68 Å². The number of fused-ring (bicyclic) bond motifs is 1. The molecule has 1 atom stereocenters. The van der Waals surface area contributed by atoms with Crippen molar-refractivity contribution < 1.29 is 4.79 Å². The zero-order valence-corrected chi connectivity index (χ0v) is 17.3. The van der Waals surface area contributed by atoms with Gasteiger partial charge < -0.3 is 5.32 Å². The van der Waals surface area contributed by atoms with Gasteiger partial charge >= 0.3 is 0 Å². The van der Waals surface area contributed by atoms with E-state index in [-0.39, 0.29) is 5.91 Å². The maximum absolute atomic E-state index is 12.5. The largest absolute Gasteiger partial charge is 0.355 e. The van der Waals surface area contributed by atoms with Crippen LogP contribution in [0.25, 0.3) is 5.69 Å². The van der Waals surface area contributed by atoms with Gasteiger partial charge in [-0.2, -0.15) is 5.10 Å². The number of rotatable bonds is 5. The standard InChI is InChI=1S/C22H21Cl2N3O/c1-13-19(14(2)27(26-13)21-8-7-17(23)10-20(21)24)11-22(28)25-12-16-9-15-5-3-4-6-18(15)16/h3-8,10,16H,9,11-12H2,1-2H3,(H,25,28). The second-order valence-corrected chi connectivity index (χ2v) is 8.08. The van der Waals surface area contributed by atoms with Crippen LogP contribution in [-0.2, 0) is 17.6 Å². The van der Waals surface area contributed by atoms with Gasteiger partial charge in [-0.3, -0.25) is 4.79 Å². The predicted molar refractivity (Wildman–Crippen MR) is 113 cm³/mol. The van der Waals surface area contributed by atoms with Crippen LogP contribution >= 0.6 is 23.2 Å². The Balaban J connectivity index is 1.45. The summed E-state index contributed by atoms with van der Waals surface area (Å²) in [4.78, 5) is 12.5. The highest BCUT2D eigenvalue weighted by Crippen LogP contribution is 2.34. The lowest BCUT2D eigenvalue weighted by atomic mass is 9.77. The van der Waals surface area contributed by atoms with Crippen molar-refractivity contribution in [3.63, 3.8) is 0 Å². The number of aromatic nitrogens is 2. The summed E-state index contributed by atoms with van der Waals surface area (Å²) < 4.78 is 1.78. The number of nitrogens with one attached hydrogen (secondary N) is 1. The Morgan fingerprint density at radius 1 is 1.21 bits per heavy atom.